The molecule has 11 nitrogen and oxygen atoms in total. The van der Waals surface area contributed by atoms with Crippen molar-refractivity contribution in [1.29, 1.82) is 5.26 Å². The standard InChI is InChI=1S/C31H32FN9O2/c1-19(22-8-10-24(32)11-9-22)39-30(42)25-14-21(15-33)17-38-29(25)37-16-20-4-6-23(7-5-20)26-18-36-28(34)27(40-26)31(43)35-12-13-41(2)3/h4-11,14,17-19H,12-13,16H2,1-3H3,(H2,34,36)(H,35,43)(H,37,38)(H,39,42). The van der Waals surface area contributed by atoms with Crippen molar-refractivity contribution < 1.29 is 14.0 Å². The van der Waals surface area contributed by atoms with Crippen molar-refractivity contribution in [1.82, 2.24) is 30.5 Å². The number of amides is 2. The van der Waals surface area contributed by atoms with E-state index in [1.807, 2.05) is 49.3 Å². The first-order valence-corrected chi connectivity index (χ1v) is 13.5. The average molecular weight is 582 g/mol. The molecule has 0 aliphatic heterocycles. The summed E-state index contributed by atoms with van der Waals surface area (Å²) in [5, 5.41) is 18.2. The van der Waals surface area contributed by atoms with Crippen LogP contribution in [0.4, 0.5) is 16.0 Å². The fourth-order valence-electron chi connectivity index (χ4n) is 4.11. The minimum absolute atomic E-state index is 0.0498. The number of nitriles is 1. The largest absolute Gasteiger partial charge is 0.382 e. The van der Waals surface area contributed by atoms with Crippen LogP contribution in [0.2, 0.25) is 0 Å². The molecule has 2 amide bonds. The lowest BCUT2D eigenvalue weighted by atomic mass is 10.1. The molecule has 12 heteroatoms. The van der Waals surface area contributed by atoms with E-state index in [1.54, 1.807) is 19.1 Å². The van der Waals surface area contributed by atoms with E-state index in [9.17, 15) is 19.2 Å². The summed E-state index contributed by atoms with van der Waals surface area (Å²) in [5.41, 5.74) is 9.27. The van der Waals surface area contributed by atoms with Crippen LogP contribution in [0.3, 0.4) is 0 Å². The molecule has 0 spiro atoms. The van der Waals surface area contributed by atoms with Crippen LogP contribution in [0.1, 0.15) is 50.5 Å². The van der Waals surface area contributed by atoms with Crippen LogP contribution in [0, 0.1) is 17.1 Å². The molecule has 0 saturated carbocycles. The fraction of sp³-hybridized carbons (Fsp3) is 0.226. The minimum Gasteiger partial charge on any atom is -0.382 e. The van der Waals surface area contributed by atoms with Gasteiger partial charge in [0.1, 0.15) is 17.7 Å². The Morgan fingerprint density at radius 2 is 1.77 bits per heavy atom. The Bertz CT molecular complexity index is 1640. The SMILES string of the molecule is CC(NC(=O)c1cc(C#N)cnc1NCc1ccc(-c2cnc(N)c(C(=O)NCCN(C)C)n2)cc1)c1ccc(F)cc1. The molecule has 43 heavy (non-hydrogen) atoms. The van der Waals surface area contributed by atoms with E-state index >= 15 is 0 Å². The van der Waals surface area contributed by atoms with Crippen LogP contribution in [0.5, 0.6) is 0 Å². The molecule has 0 aliphatic carbocycles. The summed E-state index contributed by atoms with van der Waals surface area (Å²) in [7, 11) is 3.82. The fourth-order valence-corrected chi connectivity index (χ4v) is 4.11. The van der Waals surface area contributed by atoms with E-state index < -0.39 is 17.9 Å². The molecule has 5 N–H and O–H groups in total. The van der Waals surface area contributed by atoms with Gasteiger partial charge in [-0.15, -0.1) is 0 Å². The Labute approximate surface area is 249 Å². The van der Waals surface area contributed by atoms with Crippen LogP contribution < -0.4 is 21.7 Å². The number of aromatic nitrogens is 3. The van der Waals surface area contributed by atoms with Gasteiger partial charge < -0.3 is 26.6 Å². The number of anilines is 2. The first-order valence-electron chi connectivity index (χ1n) is 13.5. The number of likely N-dealkylation sites (N-methyl/N-ethyl adjacent to an activating group) is 1. The summed E-state index contributed by atoms with van der Waals surface area (Å²) >= 11 is 0. The molecule has 1 atom stereocenters. The molecule has 1 unspecified atom stereocenters. The summed E-state index contributed by atoms with van der Waals surface area (Å²) in [5.74, 6) is -0.827. The zero-order chi connectivity index (χ0) is 30.9. The molecule has 0 saturated heterocycles. The maximum Gasteiger partial charge on any atom is 0.273 e. The number of benzene rings is 2. The topological polar surface area (TPSA) is 162 Å². The quantitative estimate of drug-likeness (QED) is 0.208. The van der Waals surface area contributed by atoms with Crippen molar-refractivity contribution in [3.63, 3.8) is 0 Å². The van der Waals surface area contributed by atoms with Gasteiger partial charge in [0.25, 0.3) is 11.8 Å². The second-order valence-corrected chi connectivity index (χ2v) is 10.1. The van der Waals surface area contributed by atoms with Gasteiger partial charge in [-0.2, -0.15) is 5.26 Å². The average Bonchev–Trinajstić information content (AvgIpc) is 3.00. The van der Waals surface area contributed by atoms with Gasteiger partial charge in [-0.25, -0.2) is 19.3 Å². The lowest BCUT2D eigenvalue weighted by Gasteiger charge is -2.16. The Kier molecular flexibility index (Phi) is 9.93. The first-order chi connectivity index (χ1) is 20.6. The van der Waals surface area contributed by atoms with E-state index in [0.717, 1.165) is 16.7 Å². The number of hydrogen-bond donors (Lipinski definition) is 4. The molecular weight excluding hydrogens is 549 g/mol. The summed E-state index contributed by atoms with van der Waals surface area (Å²) in [4.78, 5) is 40.6. The van der Waals surface area contributed by atoms with Crippen LogP contribution in [0.25, 0.3) is 11.3 Å². The molecule has 4 aromatic rings. The molecule has 0 bridgehead atoms. The maximum atomic E-state index is 13.3. The Morgan fingerprint density at radius 3 is 2.44 bits per heavy atom. The Balaban J connectivity index is 1.45. The second kappa shape index (κ2) is 14.0. The molecule has 0 radical (unpaired) electrons. The second-order valence-electron chi connectivity index (χ2n) is 10.1. The molecule has 2 aromatic carbocycles. The highest BCUT2D eigenvalue weighted by molar-refractivity contribution is 5.99. The highest BCUT2D eigenvalue weighted by Gasteiger charge is 2.18. The zero-order valence-corrected chi connectivity index (χ0v) is 24.1. The van der Waals surface area contributed by atoms with Crippen molar-refractivity contribution in [2.75, 3.05) is 38.2 Å². The third-order valence-electron chi connectivity index (χ3n) is 6.55. The smallest absolute Gasteiger partial charge is 0.273 e. The number of pyridine rings is 1. The minimum atomic E-state index is -0.428. The van der Waals surface area contributed by atoms with Gasteiger partial charge in [0.2, 0.25) is 0 Å². The molecule has 0 fully saturated rings. The molecule has 0 aliphatic rings. The van der Waals surface area contributed by atoms with E-state index in [-0.39, 0.29) is 28.5 Å². The summed E-state index contributed by atoms with van der Waals surface area (Å²) in [6.45, 7) is 3.24. The van der Waals surface area contributed by atoms with Gasteiger partial charge in [-0.05, 0) is 50.3 Å². The van der Waals surface area contributed by atoms with Crippen molar-refractivity contribution in [3.8, 4) is 17.3 Å². The summed E-state index contributed by atoms with van der Waals surface area (Å²) in [6, 6.07) is 16.4. The lowest BCUT2D eigenvalue weighted by Crippen LogP contribution is -2.32. The molecule has 2 aromatic heterocycles. The van der Waals surface area contributed by atoms with Gasteiger partial charge in [0.15, 0.2) is 11.5 Å². The lowest BCUT2D eigenvalue weighted by molar-refractivity contribution is 0.0934. The van der Waals surface area contributed by atoms with Gasteiger partial charge in [0, 0.05) is 31.4 Å². The van der Waals surface area contributed by atoms with E-state index in [4.69, 9.17) is 5.73 Å². The molecule has 2 heterocycles. The van der Waals surface area contributed by atoms with Crippen LogP contribution in [0.15, 0.2) is 67.0 Å². The van der Waals surface area contributed by atoms with Gasteiger partial charge >= 0.3 is 0 Å². The Morgan fingerprint density at radius 1 is 1.05 bits per heavy atom. The van der Waals surface area contributed by atoms with Gasteiger partial charge in [-0.3, -0.25) is 9.59 Å². The van der Waals surface area contributed by atoms with Crippen LogP contribution in [-0.2, 0) is 6.54 Å². The number of nitrogen functional groups attached to an aromatic ring is 1. The van der Waals surface area contributed by atoms with E-state index in [0.29, 0.717) is 31.1 Å². The van der Waals surface area contributed by atoms with Crippen LogP contribution >= 0.6 is 0 Å². The molecular formula is C31H32FN9O2. The number of nitrogens with zero attached hydrogens (tertiary/aromatic N) is 5. The number of halogens is 1. The van der Waals surface area contributed by atoms with Gasteiger partial charge in [-0.1, -0.05) is 36.4 Å². The molecule has 220 valence electrons. The number of hydrogen-bond acceptors (Lipinski definition) is 9. The molecule has 4 rings (SSSR count). The predicted molar refractivity (Wildman–Crippen MR) is 161 cm³/mol. The Hall–Kier alpha value is -5.41. The normalized spacial score (nSPS) is 11.4. The van der Waals surface area contributed by atoms with Crippen molar-refractivity contribution in [3.05, 3.63) is 101 Å². The highest BCUT2D eigenvalue weighted by Crippen LogP contribution is 2.21. The number of carbonyl (C=O) groups is 2. The third-order valence-corrected chi connectivity index (χ3v) is 6.55. The predicted octanol–water partition coefficient (Wildman–Crippen LogP) is 3.53. The van der Waals surface area contributed by atoms with Crippen molar-refractivity contribution >= 4 is 23.5 Å². The monoisotopic (exact) mass is 581 g/mol. The van der Waals surface area contributed by atoms with Crippen molar-refractivity contribution in [2.45, 2.75) is 19.5 Å². The number of rotatable bonds is 11. The highest BCUT2D eigenvalue weighted by atomic mass is 19.1. The van der Waals surface area contributed by atoms with E-state index in [1.165, 1.54) is 30.6 Å². The van der Waals surface area contributed by atoms with E-state index in [2.05, 4.69) is 30.9 Å². The maximum absolute atomic E-state index is 13.3. The summed E-state index contributed by atoms with van der Waals surface area (Å²) in [6.07, 6.45) is 2.90. The first kappa shape index (κ1) is 30.5. The summed E-state index contributed by atoms with van der Waals surface area (Å²) < 4.78 is 13.3. The zero-order valence-electron chi connectivity index (χ0n) is 24.1. The number of carbonyl (C=O) groups excluding carboxylic acids is 2. The van der Waals surface area contributed by atoms with Crippen molar-refractivity contribution in [2.24, 2.45) is 0 Å². The number of nitrogens with one attached hydrogen (secondary N) is 3. The van der Waals surface area contributed by atoms with Crippen LogP contribution in [-0.4, -0.2) is 58.9 Å². The third kappa shape index (κ3) is 8.08. The number of nitrogens with two attached hydrogens (primary N) is 1. The van der Waals surface area contributed by atoms with Gasteiger partial charge in [0.05, 0.1) is 29.1 Å².